The van der Waals surface area contributed by atoms with E-state index < -0.39 is 0 Å². The summed E-state index contributed by atoms with van der Waals surface area (Å²) < 4.78 is 14.8. The average Bonchev–Trinajstić information content (AvgIpc) is 3.41. The lowest BCUT2D eigenvalue weighted by Crippen LogP contribution is -2.43. The number of carbonyl (C=O) groups excluding carboxylic acids is 2. The summed E-state index contributed by atoms with van der Waals surface area (Å²) in [5.74, 6) is -0.679. The topological polar surface area (TPSA) is 80.1 Å². The molecule has 2 unspecified atom stereocenters. The molecule has 2 amide bonds. The minimum absolute atomic E-state index is 0.0502. The van der Waals surface area contributed by atoms with Crippen LogP contribution >= 0.6 is 0 Å². The van der Waals surface area contributed by atoms with Gasteiger partial charge >= 0.3 is 0 Å². The molecule has 2 aliphatic rings. The Morgan fingerprint density at radius 1 is 1.04 bits per heavy atom. The van der Waals surface area contributed by atoms with Crippen LogP contribution in [-0.2, 0) is 0 Å². The van der Waals surface area contributed by atoms with Gasteiger partial charge in [0, 0.05) is 18.7 Å². The maximum atomic E-state index is 13.1. The zero-order valence-corrected chi connectivity index (χ0v) is 15.7. The molecular weight excluding hydrogens is 361 g/mol. The predicted molar refractivity (Wildman–Crippen MR) is 100 cm³/mol. The van der Waals surface area contributed by atoms with E-state index in [1.54, 1.807) is 10.9 Å². The van der Waals surface area contributed by atoms with Crippen molar-refractivity contribution in [3.05, 3.63) is 47.5 Å². The number of carbonyl (C=O) groups is 2. The number of benzene rings is 1. The first kappa shape index (κ1) is 18.6. The predicted octanol–water partition coefficient (Wildman–Crippen LogP) is 2.57. The Balaban J connectivity index is 1.47. The molecule has 1 saturated carbocycles. The van der Waals surface area contributed by atoms with Gasteiger partial charge in [0.15, 0.2) is 5.69 Å². The molecule has 148 valence electrons. The van der Waals surface area contributed by atoms with Gasteiger partial charge in [0.1, 0.15) is 5.82 Å². The van der Waals surface area contributed by atoms with Crippen molar-refractivity contribution in [3.63, 3.8) is 0 Å². The second-order valence-corrected chi connectivity index (χ2v) is 7.52. The van der Waals surface area contributed by atoms with E-state index in [4.69, 9.17) is 0 Å². The van der Waals surface area contributed by atoms with Crippen molar-refractivity contribution in [2.24, 2.45) is 0 Å². The summed E-state index contributed by atoms with van der Waals surface area (Å²) in [5, 5.41) is 11.3. The largest absolute Gasteiger partial charge is 0.347 e. The molecule has 0 spiro atoms. The molecule has 1 aliphatic heterocycles. The number of aromatic nitrogens is 3. The van der Waals surface area contributed by atoms with Gasteiger partial charge < -0.3 is 10.2 Å². The number of rotatable bonds is 4. The summed E-state index contributed by atoms with van der Waals surface area (Å²) in [6, 6.07) is 5.35. The number of hydrogen-bond acceptors (Lipinski definition) is 4. The highest BCUT2D eigenvalue weighted by molar-refractivity contribution is 5.94. The Bertz CT molecular complexity index is 845. The molecule has 2 fully saturated rings. The Labute approximate surface area is 162 Å². The lowest BCUT2D eigenvalue weighted by Gasteiger charge is -2.32. The van der Waals surface area contributed by atoms with E-state index in [2.05, 4.69) is 15.6 Å². The summed E-state index contributed by atoms with van der Waals surface area (Å²) in [6.45, 7) is 1.54. The highest BCUT2D eigenvalue weighted by Crippen LogP contribution is 2.28. The summed E-state index contributed by atoms with van der Waals surface area (Å²) >= 11 is 0. The molecule has 1 aromatic carbocycles. The van der Waals surface area contributed by atoms with Crippen LogP contribution in [0.3, 0.4) is 0 Å². The van der Waals surface area contributed by atoms with Crippen LogP contribution < -0.4 is 5.32 Å². The highest BCUT2D eigenvalue weighted by atomic mass is 19.1. The van der Waals surface area contributed by atoms with Gasteiger partial charge in [0.2, 0.25) is 0 Å². The van der Waals surface area contributed by atoms with Gasteiger partial charge in [-0.2, -0.15) is 0 Å². The van der Waals surface area contributed by atoms with E-state index in [0.717, 1.165) is 51.6 Å². The number of likely N-dealkylation sites (tertiary alicyclic amines) is 1. The number of amides is 2. The van der Waals surface area contributed by atoms with Gasteiger partial charge in [-0.15, -0.1) is 5.10 Å². The molecule has 1 aliphatic carbocycles. The van der Waals surface area contributed by atoms with E-state index >= 15 is 0 Å². The average molecular weight is 385 g/mol. The lowest BCUT2D eigenvalue weighted by molar-refractivity contribution is 0.0786. The fraction of sp³-hybridized carbons (Fsp3) is 0.500. The van der Waals surface area contributed by atoms with E-state index in [9.17, 15) is 14.0 Å². The van der Waals surface area contributed by atoms with Crippen LogP contribution in [0.25, 0.3) is 0 Å². The van der Waals surface area contributed by atoms with E-state index in [0.29, 0.717) is 11.3 Å². The maximum Gasteiger partial charge on any atom is 0.276 e. The smallest absolute Gasteiger partial charge is 0.276 e. The zero-order chi connectivity index (χ0) is 19.5. The third-order valence-corrected chi connectivity index (χ3v) is 5.61. The zero-order valence-electron chi connectivity index (χ0n) is 15.7. The first-order valence-corrected chi connectivity index (χ1v) is 9.89. The van der Waals surface area contributed by atoms with Gasteiger partial charge in [-0.05, 0) is 49.9 Å². The SMILES string of the molecule is O=C(NC1CCCCC1n1cc(C(=O)N2CCCC2)nn1)c1ccc(F)cc1. The highest BCUT2D eigenvalue weighted by Gasteiger charge is 2.30. The Morgan fingerprint density at radius 3 is 2.50 bits per heavy atom. The summed E-state index contributed by atoms with van der Waals surface area (Å²) in [7, 11) is 0. The van der Waals surface area contributed by atoms with Gasteiger partial charge in [0.25, 0.3) is 11.8 Å². The molecule has 0 radical (unpaired) electrons. The van der Waals surface area contributed by atoms with Crippen LogP contribution in [-0.4, -0.2) is 50.8 Å². The molecule has 4 rings (SSSR count). The summed E-state index contributed by atoms with van der Waals surface area (Å²) in [5.41, 5.74) is 0.783. The van der Waals surface area contributed by atoms with Crippen LogP contribution in [0.4, 0.5) is 4.39 Å². The second-order valence-electron chi connectivity index (χ2n) is 7.52. The lowest BCUT2D eigenvalue weighted by atomic mass is 9.90. The molecule has 8 heteroatoms. The Kier molecular flexibility index (Phi) is 5.36. The van der Waals surface area contributed by atoms with Crippen LogP contribution in [0.15, 0.2) is 30.5 Å². The molecule has 0 bridgehead atoms. The standard InChI is InChI=1S/C20H24FN5O2/c21-15-9-7-14(8-10-15)19(27)22-16-5-1-2-6-18(16)26-13-17(23-24-26)20(28)25-11-3-4-12-25/h7-10,13,16,18H,1-6,11-12H2,(H,22,27). The second kappa shape index (κ2) is 8.08. The third kappa shape index (κ3) is 3.90. The van der Waals surface area contributed by atoms with Gasteiger partial charge in [-0.3, -0.25) is 9.59 Å². The molecular formula is C20H24FN5O2. The third-order valence-electron chi connectivity index (χ3n) is 5.61. The van der Waals surface area contributed by atoms with Crippen molar-refractivity contribution in [1.82, 2.24) is 25.2 Å². The molecule has 1 N–H and O–H groups in total. The van der Waals surface area contributed by atoms with Gasteiger partial charge in [-0.25, -0.2) is 9.07 Å². The quantitative estimate of drug-likeness (QED) is 0.877. The van der Waals surface area contributed by atoms with Crippen molar-refractivity contribution in [1.29, 1.82) is 0 Å². The number of hydrogen-bond donors (Lipinski definition) is 1. The first-order valence-electron chi connectivity index (χ1n) is 9.89. The van der Waals surface area contributed by atoms with Crippen LogP contribution in [0.1, 0.15) is 65.4 Å². The van der Waals surface area contributed by atoms with Crippen molar-refractivity contribution >= 4 is 11.8 Å². The van der Waals surface area contributed by atoms with Crippen molar-refractivity contribution < 1.29 is 14.0 Å². The molecule has 28 heavy (non-hydrogen) atoms. The minimum atomic E-state index is -0.370. The Hall–Kier alpha value is -2.77. The molecule has 1 saturated heterocycles. The number of nitrogens with zero attached hydrogens (tertiary/aromatic N) is 4. The van der Waals surface area contributed by atoms with Crippen molar-refractivity contribution in [3.8, 4) is 0 Å². The van der Waals surface area contributed by atoms with E-state index in [-0.39, 0.29) is 29.7 Å². The summed E-state index contributed by atoms with van der Waals surface area (Å²) in [4.78, 5) is 26.9. The van der Waals surface area contributed by atoms with E-state index in [1.807, 2.05) is 4.90 Å². The van der Waals surface area contributed by atoms with E-state index in [1.165, 1.54) is 24.3 Å². The van der Waals surface area contributed by atoms with Crippen molar-refractivity contribution in [2.45, 2.75) is 50.6 Å². The van der Waals surface area contributed by atoms with Crippen LogP contribution in [0.2, 0.25) is 0 Å². The normalized spacial score (nSPS) is 22.2. The molecule has 2 atom stereocenters. The Morgan fingerprint density at radius 2 is 1.75 bits per heavy atom. The summed E-state index contributed by atoms with van der Waals surface area (Å²) in [6.07, 6.45) is 7.48. The first-order chi connectivity index (χ1) is 13.6. The van der Waals surface area contributed by atoms with Gasteiger partial charge in [-0.1, -0.05) is 18.1 Å². The van der Waals surface area contributed by atoms with Gasteiger partial charge in [0.05, 0.1) is 18.3 Å². The maximum absolute atomic E-state index is 13.1. The van der Waals surface area contributed by atoms with Crippen LogP contribution in [0.5, 0.6) is 0 Å². The molecule has 7 nitrogen and oxygen atoms in total. The molecule has 2 aromatic rings. The fourth-order valence-corrected chi connectivity index (χ4v) is 4.07. The molecule has 1 aromatic heterocycles. The minimum Gasteiger partial charge on any atom is -0.347 e. The monoisotopic (exact) mass is 385 g/mol. The van der Waals surface area contributed by atoms with Crippen LogP contribution in [0, 0.1) is 5.82 Å². The van der Waals surface area contributed by atoms with Crippen molar-refractivity contribution in [2.75, 3.05) is 13.1 Å². The number of nitrogens with one attached hydrogen (secondary N) is 1. The molecule has 2 heterocycles. The fourth-order valence-electron chi connectivity index (χ4n) is 4.07. The number of halogens is 1.